The number of nitrogens with zero attached hydrogens (tertiary/aromatic N) is 1. The quantitative estimate of drug-likeness (QED) is 0.618. The van der Waals surface area contributed by atoms with E-state index in [1.807, 2.05) is 0 Å². The summed E-state index contributed by atoms with van der Waals surface area (Å²) in [4.78, 5) is 25.2. The normalized spacial score (nSPS) is 11.8. The fourth-order valence-corrected chi connectivity index (χ4v) is 1.83. The van der Waals surface area contributed by atoms with Gasteiger partial charge in [0, 0.05) is 12.6 Å². The Morgan fingerprint density at radius 1 is 1.40 bits per heavy atom. The van der Waals surface area contributed by atoms with Gasteiger partial charge >= 0.3 is 5.97 Å². The highest BCUT2D eigenvalue weighted by molar-refractivity contribution is 6.09. The van der Waals surface area contributed by atoms with E-state index in [0.29, 0.717) is 12.2 Å². The fraction of sp³-hybridized carbons (Fsp3) is 0.429. The Kier molecular flexibility index (Phi) is 5.52. The van der Waals surface area contributed by atoms with Crippen molar-refractivity contribution in [2.24, 2.45) is 5.73 Å². The minimum absolute atomic E-state index is 0.0431. The molecule has 1 rings (SSSR count). The SMILES string of the molecule is CCOC(=O)C(N)C(=O)N(CC)c1cc(O)ccc1C. The Morgan fingerprint density at radius 3 is 2.60 bits per heavy atom. The molecule has 1 aromatic rings. The van der Waals surface area contributed by atoms with Crippen LogP contribution in [0.3, 0.4) is 0 Å². The van der Waals surface area contributed by atoms with Crippen molar-refractivity contribution in [3.8, 4) is 5.75 Å². The second-order valence-corrected chi connectivity index (χ2v) is 4.28. The number of benzene rings is 1. The maximum atomic E-state index is 12.3. The first-order chi connectivity index (χ1) is 9.42. The molecule has 1 aromatic carbocycles. The molecule has 3 N–H and O–H groups in total. The van der Waals surface area contributed by atoms with Gasteiger partial charge in [0.15, 0.2) is 6.04 Å². The number of carbonyl (C=O) groups is 2. The highest BCUT2D eigenvalue weighted by atomic mass is 16.5. The largest absolute Gasteiger partial charge is 0.508 e. The third kappa shape index (κ3) is 3.48. The number of hydrogen-bond acceptors (Lipinski definition) is 5. The molecule has 1 atom stereocenters. The number of phenols is 1. The number of anilines is 1. The van der Waals surface area contributed by atoms with Crippen molar-refractivity contribution in [3.63, 3.8) is 0 Å². The lowest BCUT2D eigenvalue weighted by Gasteiger charge is -2.25. The molecule has 6 heteroatoms. The molecule has 0 fully saturated rings. The summed E-state index contributed by atoms with van der Waals surface area (Å²) in [5.41, 5.74) is 6.95. The molecule has 20 heavy (non-hydrogen) atoms. The monoisotopic (exact) mass is 280 g/mol. The molecular weight excluding hydrogens is 260 g/mol. The predicted molar refractivity (Wildman–Crippen MR) is 75.5 cm³/mol. The molecule has 0 heterocycles. The number of rotatable bonds is 5. The smallest absolute Gasteiger partial charge is 0.332 e. The molecule has 0 aliphatic rings. The molecule has 0 radical (unpaired) electrons. The van der Waals surface area contributed by atoms with Gasteiger partial charge in [-0.3, -0.25) is 4.79 Å². The van der Waals surface area contributed by atoms with E-state index in [4.69, 9.17) is 10.5 Å². The molecule has 0 aliphatic heterocycles. The molecule has 0 spiro atoms. The second-order valence-electron chi connectivity index (χ2n) is 4.28. The average Bonchev–Trinajstić information content (AvgIpc) is 2.42. The predicted octanol–water partition coefficient (Wildman–Crippen LogP) is 0.944. The van der Waals surface area contributed by atoms with Crippen molar-refractivity contribution in [1.82, 2.24) is 0 Å². The van der Waals surface area contributed by atoms with Gasteiger partial charge in [-0.25, -0.2) is 4.79 Å². The van der Waals surface area contributed by atoms with E-state index in [0.717, 1.165) is 5.56 Å². The van der Waals surface area contributed by atoms with Crippen LogP contribution in [0.2, 0.25) is 0 Å². The Hall–Kier alpha value is -2.08. The zero-order valence-electron chi connectivity index (χ0n) is 11.9. The maximum absolute atomic E-state index is 12.3. The van der Waals surface area contributed by atoms with Crippen LogP contribution >= 0.6 is 0 Å². The van der Waals surface area contributed by atoms with Crippen LogP contribution in [0.5, 0.6) is 5.75 Å². The molecule has 0 saturated heterocycles. The topological polar surface area (TPSA) is 92.9 Å². The van der Waals surface area contributed by atoms with E-state index < -0.39 is 17.9 Å². The van der Waals surface area contributed by atoms with Gasteiger partial charge in [-0.1, -0.05) is 6.07 Å². The molecule has 0 bridgehead atoms. The number of nitrogens with two attached hydrogens (primary N) is 1. The van der Waals surface area contributed by atoms with Crippen molar-refractivity contribution in [2.45, 2.75) is 26.8 Å². The molecule has 0 aliphatic carbocycles. The molecule has 0 saturated carbocycles. The van der Waals surface area contributed by atoms with Gasteiger partial charge < -0.3 is 20.5 Å². The van der Waals surface area contributed by atoms with E-state index in [-0.39, 0.29) is 12.4 Å². The van der Waals surface area contributed by atoms with Crippen LogP contribution < -0.4 is 10.6 Å². The second kappa shape index (κ2) is 6.91. The van der Waals surface area contributed by atoms with Crippen molar-refractivity contribution in [2.75, 3.05) is 18.1 Å². The maximum Gasteiger partial charge on any atom is 0.332 e. The van der Waals surface area contributed by atoms with Crippen LogP contribution in [0, 0.1) is 6.92 Å². The number of aryl methyl sites for hydroxylation is 1. The number of likely N-dealkylation sites (N-methyl/N-ethyl adjacent to an activating group) is 1. The number of ether oxygens (including phenoxy) is 1. The zero-order valence-corrected chi connectivity index (χ0v) is 11.9. The molecule has 6 nitrogen and oxygen atoms in total. The van der Waals surface area contributed by atoms with Crippen LogP contribution in [0.15, 0.2) is 18.2 Å². The molecule has 110 valence electrons. The molecular formula is C14H20N2O4. The summed E-state index contributed by atoms with van der Waals surface area (Å²) >= 11 is 0. The fourth-order valence-electron chi connectivity index (χ4n) is 1.83. The van der Waals surface area contributed by atoms with Crippen LogP contribution in [0.1, 0.15) is 19.4 Å². The van der Waals surface area contributed by atoms with Gasteiger partial charge in [0.1, 0.15) is 5.75 Å². The Morgan fingerprint density at radius 2 is 2.05 bits per heavy atom. The number of phenolic OH excluding ortho intramolecular Hbond substituents is 1. The Bertz CT molecular complexity index is 502. The van der Waals surface area contributed by atoms with E-state index >= 15 is 0 Å². The number of aromatic hydroxyl groups is 1. The number of hydrogen-bond donors (Lipinski definition) is 2. The molecule has 1 amide bonds. The van der Waals surface area contributed by atoms with Gasteiger partial charge in [-0.2, -0.15) is 0 Å². The van der Waals surface area contributed by atoms with Crippen LogP contribution in [0.4, 0.5) is 5.69 Å². The van der Waals surface area contributed by atoms with Crippen molar-refractivity contribution in [3.05, 3.63) is 23.8 Å². The third-order valence-electron chi connectivity index (χ3n) is 2.87. The summed E-state index contributed by atoms with van der Waals surface area (Å²) in [5, 5.41) is 9.53. The minimum atomic E-state index is -1.36. The molecule has 0 aromatic heterocycles. The van der Waals surface area contributed by atoms with E-state index in [1.54, 1.807) is 26.8 Å². The molecule has 1 unspecified atom stereocenters. The van der Waals surface area contributed by atoms with E-state index in [9.17, 15) is 14.7 Å². The summed E-state index contributed by atoms with van der Waals surface area (Å²) in [6.45, 7) is 5.71. The summed E-state index contributed by atoms with van der Waals surface area (Å²) in [7, 11) is 0. The first-order valence-electron chi connectivity index (χ1n) is 6.45. The van der Waals surface area contributed by atoms with Gasteiger partial charge in [0.05, 0.1) is 12.3 Å². The zero-order chi connectivity index (χ0) is 15.3. The van der Waals surface area contributed by atoms with Crippen LogP contribution in [-0.2, 0) is 14.3 Å². The number of esters is 1. The van der Waals surface area contributed by atoms with Crippen LogP contribution in [0.25, 0.3) is 0 Å². The Balaban J connectivity index is 3.03. The standard InChI is InChI=1S/C14H20N2O4/c1-4-16(11-8-10(17)7-6-9(11)3)13(18)12(15)14(19)20-5-2/h6-8,12,17H,4-5,15H2,1-3H3. The summed E-state index contributed by atoms with van der Waals surface area (Å²) < 4.78 is 4.75. The van der Waals surface area contributed by atoms with Crippen molar-refractivity contribution >= 4 is 17.6 Å². The summed E-state index contributed by atoms with van der Waals surface area (Å²) in [5.74, 6) is -1.27. The van der Waals surface area contributed by atoms with E-state index in [2.05, 4.69) is 0 Å². The van der Waals surface area contributed by atoms with E-state index in [1.165, 1.54) is 17.0 Å². The van der Waals surface area contributed by atoms with Gasteiger partial charge in [0.25, 0.3) is 5.91 Å². The lowest BCUT2D eigenvalue weighted by atomic mass is 10.1. The highest BCUT2D eigenvalue weighted by Crippen LogP contribution is 2.25. The van der Waals surface area contributed by atoms with Gasteiger partial charge in [0.2, 0.25) is 0 Å². The van der Waals surface area contributed by atoms with Crippen molar-refractivity contribution in [1.29, 1.82) is 0 Å². The lowest BCUT2D eigenvalue weighted by Crippen LogP contribution is -2.49. The first kappa shape index (κ1) is 16.0. The third-order valence-corrected chi connectivity index (χ3v) is 2.87. The highest BCUT2D eigenvalue weighted by Gasteiger charge is 2.29. The Labute approximate surface area is 118 Å². The lowest BCUT2D eigenvalue weighted by molar-refractivity contribution is -0.147. The van der Waals surface area contributed by atoms with Crippen LogP contribution in [-0.4, -0.2) is 36.2 Å². The van der Waals surface area contributed by atoms with Gasteiger partial charge in [-0.15, -0.1) is 0 Å². The average molecular weight is 280 g/mol. The first-order valence-corrected chi connectivity index (χ1v) is 6.45. The minimum Gasteiger partial charge on any atom is -0.508 e. The summed E-state index contributed by atoms with van der Waals surface area (Å²) in [6, 6.07) is 3.32. The van der Waals surface area contributed by atoms with Gasteiger partial charge in [-0.05, 0) is 32.4 Å². The number of amides is 1. The number of carbonyl (C=O) groups excluding carboxylic acids is 2. The summed E-state index contributed by atoms with van der Waals surface area (Å²) in [6.07, 6.45) is 0. The van der Waals surface area contributed by atoms with Crippen molar-refractivity contribution < 1.29 is 19.4 Å².